The van der Waals surface area contributed by atoms with Crippen LogP contribution in [0.2, 0.25) is 0 Å². The summed E-state index contributed by atoms with van der Waals surface area (Å²) in [6.45, 7) is 5.42. The van der Waals surface area contributed by atoms with Gasteiger partial charge < -0.3 is 15.3 Å². The Morgan fingerprint density at radius 2 is 2.05 bits per heavy atom. The van der Waals surface area contributed by atoms with E-state index in [0.29, 0.717) is 11.4 Å². The Labute approximate surface area is 114 Å². The van der Waals surface area contributed by atoms with Crippen LogP contribution in [-0.2, 0) is 0 Å². The molecular weight excluding hydrogens is 242 g/mol. The third-order valence-electron chi connectivity index (χ3n) is 2.89. The molecule has 0 saturated heterocycles. The third kappa shape index (κ3) is 4.87. The minimum atomic E-state index is -0.930. The standard InChI is InChI=1S/C14H23N3O2/c1-10-9-12(13(14(18)19)11(2)16-10)15-7-5-6-8-17(3)4/h9H,5-8H2,1-4H3,(H,15,16)(H,18,19). The van der Waals surface area contributed by atoms with E-state index in [4.69, 9.17) is 0 Å². The molecule has 0 amide bonds. The van der Waals surface area contributed by atoms with Gasteiger partial charge in [-0.2, -0.15) is 0 Å². The summed E-state index contributed by atoms with van der Waals surface area (Å²) < 4.78 is 0. The molecule has 5 nitrogen and oxygen atoms in total. The molecule has 0 aliphatic heterocycles. The first-order valence-electron chi connectivity index (χ1n) is 6.52. The minimum Gasteiger partial charge on any atom is -0.478 e. The van der Waals surface area contributed by atoms with E-state index in [1.807, 2.05) is 21.0 Å². The zero-order valence-corrected chi connectivity index (χ0v) is 12.2. The average Bonchev–Trinajstić information content (AvgIpc) is 2.26. The molecular formula is C14H23N3O2. The fourth-order valence-corrected chi connectivity index (χ4v) is 2.01. The zero-order valence-electron chi connectivity index (χ0n) is 12.2. The van der Waals surface area contributed by atoms with Crippen LogP contribution < -0.4 is 5.32 Å². The SMILES string of the molecule is Cc1cc(NCCCCN(C)C)c(C(=O)O)c(C)n1. The Kier molecular flexibility index (Phi) is 5.76. The number of pyridine rings is 1. The van der Waals surface area contributed by atoms with Crippen molar-refractivity contribution < 1.29 is 9.90 Å². The Morgan fingerprint density at radius 3 is 2.63 bits per heavy atom. The second kappa shape index (κ2) is 7.09. The van der Waals surface area contributed by atoms with Crippen LogP contribution in [0.25, 0.3) is 0 Å². The fraction of sp³-hybridized carbons (Fsp3) is 0.571. The summed E-state index contributed by atoms with van der Waals surface area (Å²) in [7, 11) is 4.09. The predicted octanol–water partition coefficient (Wildman–Crippen LogP) is 2.15. The van der Waals surface area contributed by atoms with E-state index in [-0.39, 0.29) is 5.56 Å². The molecule has 0 atom stereocenters. The van der Waals surface area contributed by atoms with Crippen molar-refractivity contribution in [3.63, 3.8) is 0 Å². The lowest BCUT2D eigenvalue weighted by molar-refractivity contribution is 0.0696. The number of aromatic carboxylic acids is 1. The first-order chi connectivity index (χ1) is 8.91. The van der Waals surface area contributed by atoms with Crippen molar-refractivity contribution >= 4 is 11.7 Å². The van der Waals surface area contributed by atoms with Gasteiger partial charge in [0.2, 0.25) is 0 Å². The molecule has 1 heterocycles. The third-order valence-corrected chi connectivity index (χ3v) is 2.89. The Bertz CT molecular complexity index is 445. The van der Waals surface area contributed by atoms with Crippen LogP contribution in [-0.4, -0.2) is 48.1 Å². The maximum Gasteiger partial charge on any atom is 0.339 e. The van der Waals surface area contributed by atoms with Crippen LogP contribution in [0.5, 0.6) is 0 Å². The normalized spacial score (nSPS) is 10.8. The summed E-state index contributed by atoms with van der Waals surface area (Å²) in [4.78, 5) is 17.6. The van der Waals surface area contributed by atoms with Gasteiger partial charge in [-0.05, 0) is 53.4 Å². The van der Waals surface area contributed by atoms with Crippen LogP contribution in [0.4, 0.5) is 5.69 Å². The Morgan fingerprint density at radius 1 is 1.37 bits per heavy atom. The van der Waals surface area contributed by atoms with Crippen LogP contribution in [0.3, 0.4) is 0 Å². The lowest BCUT2D eigenvalue weighted by Crippen LogP contribution is -2.15. The van der Waals surface area contributed by atoms with E-state index in [1.165, 1.54) is 0 Å². The number of anilines is 1. The number of rotatable bonds is 7. The van der Waals surface area contributed by atoms with E-state index in [2.05, 4.69) is 15.2 Å². The lowest BCUT2D eigenvalue weighted by atomic mass is 10.1. The predicted molar refractivity (Wildman–Crippen MR) is 76.9 cm³/mol. The van der Waals surface area contributed by atoms with Gasteiger partial charge in [0.25, 0.3) is 0 Å². The molecule has 1 aromatic heterocycles. The van der Waals surface area contributed by atoms with Crippen LogP contribution in [0.15, 0.2) is 6.07 Å². The largest absolute Gasteiger partial charge is 0.478 e. The number of aryl methyl sites for hydroxylation is 2. The van der Waals surface area contributed by atoms with Gasteiger partial charge in [0.15, 0.2) is 0 Å². The highest BCUT2D eigenvalue weighted by atomic mass is 16.4. The number of hydrogen-bond donors (Lipinski definition) is 2. The summed E-state index contributed by atoms with van der Waals surface area (Å²) in [5, 5.41) is 12.4. The number of unbranched alkanes of at least 4 members (excludes halogenated alkanes) is 1. The molecule has 0 aromatic carbocycles. The molecule has 106 valence electrons. The van der Waals surface area contributed by atoms with Gasteiger partial charge in [-0.3, -0.25) is 4.98 Å². The fourth-order valence-electron chi connectivity index (χ4n) is 2.01. The van der Waals surface area contributed by atoms with Gasteiger partial charge in [-0.15, -0.1) is 0 Å². The number of carboxylic acid groups (broad SMARTS) is 1. The highest BCUT2D eigenvalue weighted by Gasteiger charge is 2.14. The molecule has 19 heavy (non-hydrogen) atoms. The second-order valence-corrected chi connectivity index (χ2v) is 5.01. The maximum atomic E-state index is 11.2. The van der Waals surface area contributed by atoms with Crippen LogP contribution in [0, 0.1) is 13.8 Å². The molecule has 5 heteroatoms. The lowest BCUT2D eigenvalue weighted by Gasteiger charge is -2.13. The van der Waals surface area contributed by atoms with Gasteiger partial charge in [0, 0.05) is 12.2 Å². The number of nitrogens with one attached hydrogen (secondary N) is 1. The summed E-state index contributed by atoms with van der Waals surface area (Å²) in [6.07, 6.45) is 2.10. The van der Waals surface area contributed by atoms with E-state index < -0.39 is 5.97 Å². The molecule has 1 aromatic rings. The number of hydrogen-bond acceptors (Lipinski definition) is 4. The highest BCUT2D eigenvalue weighted by molar-refractivity contribution is 5.95. The first-order valence-corrected chi connectivity index (χ1v) is 6.52. The smallest absolute Gasteiger partial charge is 0.339 e. The number of aromatic nitrogens is 1. The number of nitrogens with zero attached hydrogens (tertiary/aromatic N) is 2. The molecule has 0 spiro atoms. The summed E-state index contributed by atoms with van der Waals surface area (Å²) in [5.41, 5.74) is 2.34. The van der Waals surface area contributed by atoms with E-state index in [1.54, 1.807) is 13.0 Å². The van der Waals surface area contributed by atoms with E-state index >= 15 is 0 Å². The molecule has 0 bridgehead atoms. The molecule has 0 radical (unpaired) electrons. The maximum absolute atomic E-state index is 11.2. The molecule has 0 aliphatic carbocycles. The molecule has 2 N–H and O–H groups in total. The van der Waals surface area contributed by atoms with Crippen molar-refractivity contribution in [3.05, 3.63) is 23.0 Å². The quantitative estimate of drug-likeness (QED) is 0.740. The topological polar surface area (TPSA) is 65.5 Å². The van der Waals surface area contributed by atoms with E-state index in [0.717, 1.165) is 31.6 Å². The minimum absolute atomic E-state index is 0.276. The first kappa shape index (κ1) is 15.4. The van der Waals surface area contributed by atoms with Crippen molar-refractivity contribution in [2.24, 2.45) is 0 Å². The van der Waals surface area contributed by atoms with Gasteiger partial charge in [0.1, 0.15) is 5.56 Å². The molecule has 0 unspecified atom stereocenters. The number of carboxylic acids is 1. The van der Waals surface area contributed by atoms with Gasteiger partial charge in [-0.1, -0.05) is 0 Å². The van der Waals surface area contributed by atoms with Crippen molar-refractivity contribution in [2.45, 2.75) is 26.7 Å². The highest BCUT2D eigenvalue weighted by Crippen LogP contribution is 2.19. The molecule has 1 rings (SSSR count). The second-order valence-electron chi connectivity index (χ2n) is 5.01. The van der Waals surface area contributed by atoms with Crippen molar-refractivity contribution in [3.8, 4) is 0 Å². The zero-order chi connectivity index (χ0) is 14.4. The molecule has 0 aliphatic rings. The van der Waals surface area contributed by atoms with Crippen molar-refractivity contribution in [1.82, 2.24) is 9.88 Å². The van der Waals surface area contributed by atoms with Crippen molar-refractivity contribution in [2.75, 3.05) is 32.5 Å². The average molecular weight is 265 g/mol. The van der Waals surface area contributed by atoms with Crippen LogP contribution >= 0.6 is 0 Å². The van der Waals surface area contributed by atoms with Gasteiger partial charge in [0.05, 0.1) is 11.4 Å². The Balaban J connectivity index is 2.64. The Hall–Kier alpha value is -1.62. The monoisotopic (exact) mass is 265 g/mol. The van der Waals surface area contributed by atoms with E-state index in [9.17, 15) is 9.90 Å². The molecule has 0 saturated carbocycles. The van der Waals surface area contributed by atoms with Gasteiger partial charge >= 0.3 is 5.97 Å². The van der Waals surface area contributed by atoms with Crippen LogP contribution in [0.1, 0.15) is 34.6 Å². The summed E-state index contributed by atoms with van der Waals surface area (Å²) in [6, 6.07) is 1.79. The number of carbonyl (C=O) groups is 1. The summed E-state index contributed by atoms with van der Waals surface area (Å²) >= 11 is 0. The molecule has 0 fully saturated rings. The van der Waals surface area contributed by atoms with Crippen molar-refractivity contribution in [1.29, 1.82) is 0 Å². The van der Waals surface area contributed by atoms with Gasteiger partial charge in [-0.25, -0.2) is 4.79 Å². The summed E-state index contributed by atoms with van der Waals surface area (Å²) in [5.74, 6) is -0.930.